The van der Waals surface area contributed by atoms with Crippen molar-refractivity contribution >= 4 is 5.91 Å². The number of hydrogen-bond acceptors (Lipinski definition) is 3. The maximum Gasteiger partial charge on any atom is 0.435 e. The minimum atomic E-state index is -4.59. The lowest BCUT2D eigenvalue weighted by atomic mass is 10.2. The number of amides is 1. The summed E-state index contributed by atoms with van der Waals surface area (Å²) in [5.41, 5.74) is -1.17. The topological polar surface area (TPSA) is 67.2 Å². The first-order chi connectivity index (χ1) is 9.24. The molecule has 2 N–H and O–H groups in total. The Labute approximate surface area is 114 Å². The van der Waals surface area contributed by atoms with Crippen molar-refractivity contribution in [2.45, 2.75) is 33.0 Å². The van der Waals surface area contributed by atoms with E-state index in [1.54, 1.807) is 0 Å². The van der Waals surface area contributed by atoms with Gasteiger partial charge in [0.1, 0.15) is 6.54 Å². The largest absolute Gasteiger partial charge is 0.435 e. The van der Waals surface area contributed by atoms with Gasteiger partial charge in [-0.25, -0.2) is 0 Å². The molecule has 1 rings (SSSR count). The average Bonchev–Trinajstić information content (AvgIpc) is 2.69. The number of aromatic nitrogens is 2. The molecule has 0 atom stereocenters. The molecule has 114 valence electrons. The number of carbonyl (C=O) groups excluding carboxylic acids is 1. The zero-order valence-electron chi connectivity index (χ0n) is 11.4. The number of aliphatic hydroxyl groups excluding tert-OH is 1. The van der Waals surface area contributed by atoms with E-state index in [2.05, 4.69) is 10.4 Å². The molecule has 0 aliphatic carbocycles. The van der Waals surface area contributed by atoms with Crippen LogP contribution in [0.3, 0.4) is 0 Å². The fourth-order valence-corrected chi connectivity index (χ4v) is 1.61. The van der Waals surface area contributed by atoms with E-state index >= 15 is 0 Å². The van der Waals surface area contributed by atoms with Gasteiger partial charge < -0.3 is 10.4 Å². The first-order valence-electron chi connectivity index (χ1n) is 6.25. The van der Waals surface area contributed by atoms with E-state index in [0.717, 1.165) is 10.9 Å². The van der Waals surface area contributed by atoms with Crippen molar-refractivity contribution < 1.29 is 23.1 Å². The Morgan fingerprint density at radius 2 is 2.15 bits per heavy atom. The Balaban J connectivity index is 2.79. The Morgan fingerprint density at radius 3 is 2.65 bits per heavy atom. The van der Waals surface area contributed by atoms with Gasteiger partial charge in [-0.3, -0.25) is 9.48 Å². The van der Waals surface area contributed by atoms with Gasteiger partial charge in [0.25, 0.3) is 0 Å². The van der Waals surface area contributed by atoms with Gasteiger partial charge in [0.2, 0.25) is 5.91 Å². The average molecular weight is 293 g/mol. The van der Waals surface area contributed by atoms with Crippen LogP contribution in [0.25, 0.3) is 0 Å². The Kier molecular flexibility index (Phi) is 5.55. The minimum Gasteiger partial charge on any atom is -0.396 e. The standard InChI is InChI=1S/C12H18F3N3O2/c1-8(2)5-16-10(20)7-18-6-9(3-4-19)11(17-18)12(13,14)15/h6,8,19H,3-5,7H2,1-2H3,(H,16,20). The predicted octanol–water partition coefficient (Wildman–Crippen LogP) is 1.21. The molecule has 0 fully saturated rings. The molecule has 8 heteroatoms. The normalized spacial score (nSPS) is 11.9. The number of rotatable bonds is 6. The van der Waals surface area contributed by atoms with E-state index in [9.17, 15) is 18.0 Å². The Bertz CT molecular complexity index is 455. The van der Waals surface area contributed by atoms with Crippen LogP contribution in [0.1, 0.15) is 25.1 Å². The highest BCUT2D eigenvalue weighted by atomic mass is 19.4. The highest BCUT2D eigenvalue weighted by Crippen LogP contribution is 2.30. The van der Waals surface area contributed by atoms with Gasteiger partial charge >= 0.3 is 6.18 Å². The van der Waals surface area contributed by atoms with E-state index in [4.69, 9.17) is 5.11 Å². The molecule has 0 aliphatic rings. The summed E-state index contributed by atoms with van der Waals surface area (Å²) < 4.78 is 39.1. The third-order valence-electron chi connectivity index (χ3n) is 2.50. The van der Waals surface area contributed by atoms with Crippen LogP contribution >= 0.6 is 0 Å². The second-order valence-electron chi connectivity index (χ2n) is 4.87. The number of alkyl halides is 3. The minimum absolute atomic E-state index is 0.114. The van der Waals surface area contributed by atoms with Crippen LogP contribution in [0.5, 0.6) is 0 Å². The van der Waals surface area contributed by atoms with E-state index in [1.165, 1.54) is 0 Å². The number of carbonyl (C=O) groups is 1. The van der Waals surface area contributed by atoms with E-state index in [0.29, 0.717) is 6.54 Å². The molecule has 1 amide bonds. The fourth-order valence-electron chi connectivity index (χ4n) is 1.61. The lowest BCUT2D eigenvalue weighted by molar-refractivity contribution is -0.142. The number of nitrogens with one attached hydrogen (secondary N) is 1. The monoisotopic (exact) mass is 293 g/mol. The first-order valence-corrected chi connectivity index (χ1v) is 6.25. The molecule has 0 aromatic carbocycles. The van der Waals surface area contributed by atoms with Gasteiger partial charge in [-0.15, -0.1) is 0 Å². The van der Waals surface area contributed by atoms with Crippen molar-refractivity contribution in [1.29, 1.82) is 0 Å². The molecular weight excluding hydrogens is 275 g/mol. The van der Waals surface area contributed by atoms with Gasteiger partial charge in [-0.05, 0) is 12.3 Å². The van der Waals surface area contributed by atoms with Crippen molar-refractivity contribution in [3.8, 4) is 0 Å². The summed E-state index contributed by atoms with van der Waals surface area (Å²) in [6.45, 7) is 3.59. The first kappa shape index (κ1) is 16.5. The van der Waals surface area contributed by atoms with E-state index < -0.39 is 24.4 Å². The maximum absolute atomic E-state index is 12.7. The van der Waals surface area contributed by atoms with Gasteiger partial charge in [0, 0.05) is 24.9 Å². The lowest BCUT2D eigenvalue weighted by Crippen LogP contribution is -2.30. The number of hydrogen-bond donors (Lipinski definition) is 2. The zero-order chi connectivity index (χ0) is 15.3. The fraction of sp³-hybridized carbons (Fsp3) is 0.667. The molecule has 1 aromatic rings. The summed E-state index contributed by atoms with van der Waals surface area (Å²) in [5, 5.41) is 14.7. The van der Waals surface area contributed by atoms with Crippen molar-refractivity contribution in [2.75, 3.05) is 13.2 Å². The highest BCUT2D eigenvalue weighted by Gasteiger charge is 2.36. The number of nitrogens with zero attached hydrogens (tertiary/aromatic N) is 2. The van der Waals surface area contributed by atoms with Crippen molar-refractivity contribution in [3.63, 3.8) is 0 Å². The number of aliphatic hydroxyl groups is 1. The molecule has 0 unspecified atom stereocenters. The summed E-state index contributed by atoms with van der Waals surface area (Å²) >= 11 is 0. The van der Waals surface area contributed by atoms with Gasteiger partial charge in [-0.2, -0.15) is 18.3 Å². The van der Waals surface area contributed by atoms with Crippen LogP contribution in [-0.4, -0.2) is 33.9 Å². The van der Waals surface area contributed by atoms with Crippen LogP contribution in [0, 0.1) is 5.92 Å². The van der Waals surface area contributed by atoms with Crippen LogP contribution in [0.15, 0.2) is 6.20 Å². The smallest absolute Gasteiger partial charge is 0.396 e. The van der Waals surface area contributed by atoms with Gasteiger partial charge in [0.15, 0.2) is 5.69 Å². The third-order valence-corrected chi connectivity index (χ3v) is 2.50. The summed E-state index contributed by atoms with van der Waals surface area (Å²) in [7, 11) is 0. The van der Waals surface area contributed by atoms with Crippen molar-refractivity contribution in [1.82, 2.24) is 15.1 Å². The van der Waals surface area contributed by atoms with E-state index in [1.807, 2.05) is 13.8 Å². The van der Waals surface area contributed by atoms with Crippen LogP contribution < -0.4 is 5.32 Å². The summed E-state index contributed by atoms with van der Waals surface area (Å²) in [6.07, 6.45) is -3.60. The van der Waals surface area contributed by atoms with Crippen LogP contribution in [0.2, 0.25) is 0 Å². The Hall–Kier alpha value is -1.57. The molecular formula is C12H18F3N3O2. The SMILES string of the molecule is CC(C)CNC(=O)Cn1cc(CCO)c(C(F)(F)F)n1. The summed E-state index contributed by atoms with van der Waals surface area (Å²) in [5.74, 6) is -0.141. The van der Waals surface area contributed by atoms with Gasteiger partial charge in [-0.1, -0.05) is 13.8 Å². The second-order valence-corrected chi connectivity index (χ2v) is 4.87. The molecule has 1 aromatic heterocycles. The second kappa shape index (κ2) is 6.74. The van der Waals surface area contributed by atoms with Crippen molar-refractivity contribution in [2.24, 2.45) is 5.92 Å². The highest BCUT2D eigenvalue weighted by molar-refractivity contribution is 5.75. The molecule has 0 spiro atoms. The maximum atomic E-state index is 12.7. The molecule has 0 saturated carbocycles. The molecule has 5 nitrogen and oxygen atoms in total. The van der Waals surface area contributed by atoms with E-state index in [-0.39, 0.29) is 24.4 Å². The summed E-state index contributed by atoms with van der Waals surface area (Å²) in [4.78, 5) is 11.5. The van der Waals surface area contributed by atoms with Crippen LogP contribution in [0.4, 0.5) is 13.2 Å². The van der Waals surface area contributed by atoms with Crippen LogP contribution in [-0.2, 0) is 23.9 Å². The lowest BCUT2D eigenvalue weighted by Gasteiger charge is -2.07. The molecule has 0 bridgehead atoms. The molecule has 0 saturated heterocycles. The van der Waals surface area contributed by atoms with Gasteiger partial charge in [0.05, 0.1) is 0 Å². The predicted molar refractivity (Wildman–Crippen MR) is 65.9 cm³/mol. The molecule has 0 radical (unpaired) electrons. The molecule has 0 aliphatic heterocycles. The third kappa shape index (κ3) is 4.84. The number of halogens is 3. The summed E-state index contributed by atoms with van der Waals surface area (Å²) in [6, 6.07) is 0. The molecule has 1 heterocycles. The van der Waals surface area contributed by atoms with Crippen molar-refractivity contribution in [3.05, 3.63) is 17.5 Å². The Morgan fingerprint density at radius 1 is 1.50 bits per heavy atom. The zero-order valence-corrected chi connectivity index (χ0v) is 11.4. The quantitative estimate of drug-likeness (QED) is 0.828. The molecule has 20 heavy (non-hydrogen) atoms.